The first kappa shape index (κ1) is 17.8. The van der Waals surface area contributed by atoms with Crippen molar-refractivity contribution in [2.45, 2.75) is 59.0 Å². The minimum Gasteiger partial charge on any atom is -0.465 e. The number of esters is 1. The van der Waals surface area contributed by atoms with Gasteiger partial charge in [-0.3, -0.25) is 9.59 Å². The van der Waals surface area contributed by atoms with Crippen LogP contribution in [0.5, 0.6) is 0 Å². The monoisotopic (exact) mass is 325 g/mol. The third-order valence-corrected chi connectivity index (χ3v) is 4.41. The molecule has 2 aliphatic rings. The van der Waals surface area contributed by atoms with Crippen molar-refractivity contribution in [2.75, 3.05) is 19.7 Å². The first-order valence-corrected chi connectivity index (χ1v) is 8.39. The summed E-state index contributed by atoms with van der Waals surface area (Å²) in [4.78, 5) is 38.4. The molecule has 130 valence electrons. The molecule has 6 heteroatoms. The number of rotatable bonds is 4. The van der Waals surface area contributed by atoms with Gasteiger partial charge in [0.2, 0.25) is 0 Å². The lowest BCUT2D eigenvalue weighted by molar-refractivity contribution is -0.155. The first-order chi connectivity index (χ1) is 10.7. The van der Waals surface area contributed by atoms with Crippen LogP contribution in [0.4, 0.5) is 4.79 Å². The second kappa shape index (κ2) is 6.49. The van der Waals surface area contributed by atoms with Crippen LogP contribution in [0.1, 0.15) is 53.4 Å². The Morgan fingerprint density at radius 2 is 1.70 bits per heavy atom. The highest BCUT2D eigenvalue weighted by molar-refractivity contribution is 6.07. The van der Waals surface area contributed by atoms with E-state index in [9.17, 15) is 14.4 Å². The van der Waals surface area contributed by atoms with Gasteiger partial charge in [0.15, 0.2) is 5.78 Å². The molecule has 0 N–H and O–H groups in total. The van der Waals surface area contributed by atoms with E-state index in [-0.39, 0.29) is 23.8 Å². The van der Waals surface area contributed by atoms with E-state index in [1.165, 1.54) is 0 Å². The topological polar surface area (TPSA) is 72.9 Å². The van der Waals surface area contributed by atoms with Crippen LogP contribution in [0.2, 0.25) is 0 Å². The summed E-state index contributed by atoms with van der Waals surface area (Å²) in [6, 6.07) is 0. The highest BCUT2D eigenvalue weighted by Gasteiger charge is 2.59. The fraction of sp³-hybridized carbons (Fsp3) is 0.824. The second-order valence-electron chi connectivity index (χ2n) is 7.41. The van der Waals surface area contributed by atoms with Crippen LogP contribution >= 0.6 is 0 Å². The molecule has 0 aromatic rings. The van der Waals surface area contributed by atoms with Gasteiger partial charge in [-0.1, -0.05) is 0 Å². The summed E-state index contributed by atoms with van der Waals surface area (Å²) in [7, 11) is 0. The number of carbonyl (C=O) groups excluding carboxylic acids is 3. The Balaban J connectivity index is 1.88. The molecule has 0 radical (unpaired) electrons. The summed E-state index contributed by atoms with van der Waals surface area (Å²) in [5, 5.41) is 0. The van der Waals surface area contributed by atoms with Crippen LogP contribution in [0.3, 0.4) is 0 Å². The summed E-state index contributed by atoms with van der Waals surface area (Å²) < 4.78 is 10.4. The Kier molecular flexibility index (Phi) is 5.01. The SMILES string of the molecule is CCOC(=O)C1(C(=O)C2CCN(C(=O)OC(C)(C)C)CC2)CC1. The molecular formula is C17H27NO5. The minimum atomic E-state index is -0.894. The Labute approximate surface area is 137 Å². The zero-order chi connectivity index (χ0) is 17.3. The van der Waals surface area contributed by atoms with Crippen molar-refractivity contribution >= 4 is 17.8 Å². The lowest BCUT2D eigenvalue weighted by Gasteiger charge is -2.33. The summed E-state index contributed by atoms with van der Waals surface area (Å²) >= 11 is 0. The van der Waals surface area contributed by atoms with E-state index in [1.807, 2.05) is 20.8 Å². The molecule has 0 unspecified atom stereocenters. The van der Waals surface area contributed by atoms with E-state index >= 15 is 0 Å². The summed E-state index contributed by atoms with van der Waals surface area (Å²) in [5.41, 5.74) is -1.42. The van der Waals surface area contributed by atoms with Gasteiger partial charge in [0.1, 0.15) is 11.0 Å². The zero-order valence-electron chi connectivity index (χ0n) is 14.5. The predicted octanol–water partition coefficient (Wildman–Crippen LogP) is 2.55. The maximum atomic E-state index is 12.7. The van der Waals surface area contributed by atoms with Crippen LogP contribution in [-0.4, -0.2) is 48.0 Å². The highest BCUT2D eigenvalue weighted by atomic mass is 16.6. The first-order valence-electron chi connectivity index (χ1n) is 8.39. The van der Waals surface area contributed by atoms with E-state index in [1.54, 1.807) is 11.8 Å². The molecule has 0 aromatic heterocycles. The van der Waals surface area contributed by atoms with Crippen molar-refractivity contribution < 1.29 is 23.9 Å². The number of carbonyl (C=O) groups is 3. The van der Waals surface area contributed by atoms with E-state index in [0.717, 1.165) is 0 Å². The minimum absolute atomic E-state index is 0.000196. The standard InChI is InChI=1S/C17H27NO5/c1-5-22-14(20)17(8-9-17)13(19)12-6-10-18(11-7-12)15(21)23-16(2,3)4/h12H,5-11H2,1-4H3. The molecule has 1 amide bonds. The van der Waals surface area contributed by atoms with Crippen LogP contribution in [0.25, 0.3) is 0 Å². The number of hydrogen-bond acceptors (Lipinski definition) is 5. The normalized spacial score (nSPS) is 20.8. The smallest absolute Gasteiger partial charge is 0.410 e. The van der Waals surface area contributed by atoms with Crippen molar-refractivity contribution in [1.82, 2.24) is 4.90 Å². The molecule has 23 heavy (non-hydrogen) atoms. The molecule has 0 spiro atoms. The van der Waals surface area contributed by atoms with E-state index in [0.29, 0.717) is 45.4 Å². The number of likely N-dealkylation sites (tertiary alicyclic amines) is 1. The van der Waals surface area contributed by atoms with Gasteiger partial charge in [-0.05, 0) is 53.4 Å². The van der Waals surface area contributed by atoms with Gasteiger partial charge in [-0.2, -0.15) is 0 Å². The van der Waals surface area contributed by atoms with Gasteiger partial charge >= 0.3 is 12.1 Å². The fourth-order valence-electron chi connectivity index (χ4n) is 2.99. The molecule has 2 rings (SSSR count). The summed E-state index contributed by atoms with van der Waals surface area (Å²) in [5.74, 6) is -0.542. The number of hydrogen-bond donors (Lipinski definition) is 0. The van der Waals surface area contributed by atoms with Crippen molar-refractivity contribution in [3.63, 3.8) is 0 Å². The van der Waals surface area contributed by atoms with Gasteiger partial charge < -0.3 is 14.4 Å². The van der Waals surface area contributed by atoms with Crippen molar-refractivity contribution in [2.24, 2.45) is 11.3 Å². The fourth-order valence-corrected chi connectivity index (χ4v) is 2.99. The van der Waals surface area contributed by atoms with Gasteiger partial charge in [0.05, 0.1) is 6.61 Å². The number of amides is 1. The summed E-state index contributed by atoms with van der Waals surface area (Å²) in [6.45, 7) is 8.52. The van der Waals surface area contributed by atoms with Gasteiger partial charge in [0, 0.05) is 19.0 Å². The van der Waals surface area contributed by atoms with Gasteiger partial charge in [-0.15, -0.1) is 0 Å². The molecule has 1 heterocycles. The van der Waals surface area contributed by atoms with E-state index in [2.05, 4.69) is 0 Å². The lowest BCUT2D eigenvalue weighted by atomic mass is 9.84. The molecule has 0 bridgehead atoms. The molecule has 0 atom stereocenters. The average Bonchev–Trinajstić information content (AvgIpc) is 3.27. The zero-order valence-corrected chi connectivity index (χ0v) is 14.5. The largest absolute Gasteiger partial charge is 0.465 e. The van der Waals surface area contributed by atoms with Crippen LogP contribution in [0, 0.1) is 11.3 Å². The molecule has 1 saturated carbocycles. The third-order valence-electron chi connectivity index (χ3n) is 4.41. The number of Topliss-reactive ketones (excluding diaryl/α,β-unsaturated/α-hetero) is 1. The van der Waals surface area contributed by atoms with Crippen molar-refractivity contribution in [3.05, 3.63) is 0 Å². The van der Waals surface area contributed by atoms with E-state index in [4.69, 9.17) is 9.47 Å². The Hall–Kier alpha value is -1.59. The third kappa shape index (κ3) is 4.03. The van der Waals surface area contributed by atoms with Crippen molar-refractivity contribution in [1.29, 1.82) is 0 Å². The van der Waals surface area contributed by atoms with Crippen LogP contribution in [0.15, 0.2) is 0 Å². The Morgan fingerprint density at radius 1 is 1.13 bits per heavy atom. The predicted molar refractivity (Wildman–Crippen MR) is 83.8 cm³/mol. The van der Waals surface area contributed by atoms with Crippen LogP contribution < -0.4 is 0 Å². The van der Waals surface area contributed by atoms with E-state index < -0.39 is 11.0 Å². The number of piperidine rings is 1. The Morgan fingerprint density at radius 3 is 2.13 bits per heavy atom. The molecule has 1 aliphatic carbocycles. The summed E-state index contributed by atoms with van der Waals surface area (Å²) in [6.07, 6.45) is 2.02. The molecular weight excluding hydrogens is 298 g/mol. The molecule has 6 nitrogen and oxygen atoms in total. The van der Waals surface area contributed by atoms with Crippen molar-refractivity contribution in [3.8, 4) is 0 Å². The number of nitrogens with zero attached hydrogens (tertiary/aromatic N) is 1. The van der Waals surface area contributed by atoms with Gasteiger partial charge in [-0.25, -0.2) is 4.79 Å². The molecule has 1 aliphatic heterocycles. The maximum Gasteiger partial charge on any atom is 0.410 e. The molecule has 0 aromatic carbocycles. The van der Waals surface area contributed by atoms with Crippen LogP contribution in [-0.2, 0) is 19.1 Å². The Bertz CT molecular complexity index is 482. The molecule has 1 saturated heterocycles. The highest BCUT2D eigenvalue weighted by Crippen LogP contribution is 2.50. The number of ketones is 1. The maximum absolute atomic E-state index is 12.7. The lowest BCUT2D eigenvalue weighted by Crippen LogP contribution is -2.44. The average molecular weight is 325 g/mol. The molecule has 2 fully saturated rings. The second-order valence-corrected chi connectivity index (χ2v) is 7.41. The quantitative estimate of drug-likeness (QED) is 0.586. The van der Waals surface area contributed by atoms with Gasteiger partial charge in [0.25, 0.3) is 0 Å². The number of ether oxygens (including phenoxy) is 2.